The normalized spacial score (nSPS) is 11.2. The molecule has 1 aromatic carbocycles. The van der Waals surface area contributed by atoms with Crippen LogP contribution in [0.25, 0.3) is 0 Å². The van der Waals surface area contributed by atoms with Crippen molar-refractivity contribution in [1.82, 2.24) is 4.98 Å². The standard InChI is InChI=1S/C12H10ClFN2O3S/c1-19-11-3-2-9(7-10(11)14)20(17,18)16-12-6-8(13)4-5-15-12/h2-7H,1H3,(H,15,16). The Kier molecular flexibility index (Phi) is 4.10. The van der Waals surface area contributed by atoms with E-state index in [0.717, 1.165) is 6.07 Å². The number of pyridine rings is 1. The number of nitrogens with one attached hydrogen (secondary N) is 1. The molecule has 1 aromatic heterocycles. The first kappa shape index (κ1) is 14.5. The fraction of sp³-hybridized carbons (Fsp3) is 0.0833. The molecule has 20 heavy (non-hydrogen) atoms. The Morgan fingerprint density at radius 2 is 2.05 bits per heavy atom. The predicted molar refractivity (Wildman–Crippen MR) is 73.0 cm³/mol. The van der Waals surface area contributed by atoms with Crippen molar-refractivity contribution in [3.63, 3.8) is 0 Å². The molecular formula is C12H10ClFN2O3S. The average Bonchev–Trinajstić information content (AvgIpc) is 2.38. The van der Waals surface area contributed by atoms with Crippen LogP contribution in [-0.4, -0.2) is 20.5 Å². The van der Waals surface area contributed by atoms with Crippen molar-refractivity contribution in [2.24, 2.45) is 0 Å². The van der Waals surface area contributed by atoms with E-state index in [-0.39, 0.29) is 16.5 Å². The Hall–Kier alpha value is -1.86. The highest BCUT2D eigenvalue weighted by Crippen LogP contribution is 2.22. The van der Waals surface area contributed by atoms with Gasteiger partial charge in [-0.25, -0.2) is 17.8 Å². The number of ether oxygens (including phenoxy) is 1. The number of hydrogen-bond acceptors (Lipinski definition) is 4. The number of halogens is 2. The molecule has 2 aromatic rings. The Labute approximate surface area is 120 Å². The van der Waals surface area contributed by atoms with E-state index in [4.69, 9.17) is 16.3 Å². The van der Waals surface area contributed by atoms with E-state index in [1.165, 1.54) is 37.6 Å². The highest BCUT2D eigenvalue weighted by atomic mass is 35.5. The van der Waals surface area contributed by atoms with E-state index < -0.39 is 15.8 Å². The zero-order chi connectivity index (χ0) is 14.8. The molecule has 0 fully saturated rings. The number of rotatable bonds is 4. The van der Waals surface area contributed by atoms with Gasteiger partial charge in [-0.05, 0) is 24.3 Å². The summed E-state index contributed by atoms with van der Waals surface area (Å²) in [4.78, 5) is 3.57. The summed E-state index contributed by atoms with van der Waals surface area (Å²) in [5, 5.41) is 0.332. The van der Waals surface area contributed by atoms with E-state index >= 15 is 0 Å². The van der Waals surface area contributed by atoms with Crippen LogP contribution in [0.2, 0.25) is 5.02 Å². The maximum Gasteiger partial charge on any atom is 0.263 e. The fourth-order valence-electron chi connectivity index (χ4n) is 1.47. The number of aromatic nitrogens is 1. The summed E-state index contributed by atoms with van der Waals surface area (Å²) < 4.78 is 44.6. The van der Waals surface area contributed by atoms with Crippen LogP contribution in [0.1, 0.15) is 0 Å². The number of methoxy groups -OCH3 is 1. The summed E-state index contributed by atoms with van der Waals surface area (Å²) in [5.74, 6) is -0.756. The van der Waals surface area contributed by atoms with E-state index in [1.54, 1.807) is 0 Å². The quantitative estimate of drug-likeness (QED) is 0.941. The number of benzene rings is 1. The fourth-order valence-corrected chi connectivity index (χ4v) is 2.64. The molecule has 0 aliphatic rings. The van der Waals surface area contributed by atoms with E-state index in [2.05, 4.69) is 9.71 Å². The molecule has 0 amide bonds. The molecule has 1 N–H and O–H groups in total. The van der Waals surface area contributed by atoms with Crippen LogP contribution in [0.15, 0.2) is 41.4 Å². The van der Waals surface area contributed by atoms with Gasteiger partial charge >= 0.3 is 0 Å². The highest BCUT2D eigenvalue weighted by Gasteiger charge is 2.17. The SMILES string of the molecule is COc1ccc(S(=O)(=O)Nc2cc(Cl)ccn2)cc1F. The first-order valence-corrected chi connectivity index (χ1v) is 7.26. The molecule has 1 heterocycles. The smallest absolute Gasteiger partial charge is 0.263 e. The summed E-state index contributed by atoms with van der Waals surface area (Å²) in [6.45, 7) is 0. The van der Waals surface area contributed by atoms with Crippen molar-refractivity contribution in [1.29, 1.82) is 0 Å². The van der Waals surface area contributed by atoms with Crippen LogP contribution in [0.3, 0.4) is 0 Å². The maximum absolute atomic E-state index is 13.5. The largest absolute Gasteiger partial charge is 0.494 e. The van der Waals surface area contributed by atoms with Crippen LogP contribution >= 0.6 is 11.6 Å². The molecule has 0 atom stereocenters. The van der Waals surface area contributed by atoms with E-state index in [1.807, 2.05) is 0 Å². The molecule has 5 nitrogen and oxygen atoms in total. The minimum Gasteiger partial charge on any atom is -0.494 e. The van der Waals surface area contributed by atoms with Gasteiger partial charge in [0.2, 0.25) is 0 Å². The van der Waals surface area contributed by atoms with Crippen molar-refractivity contribution in [3.8, 4) is 5.75 Å². The molecule has 0 saturated carbocycles. The molecule has 0 unspecified atom stereocenters. The second-order valence-corrected chi connectivity index (χ2v) is 5.88. The molecule has 0 saturated heterocycles. The van der Waals surface area contributed by atoms with E-state index in [0.29, 0.717) is 5.02 Å². The molecule has 0 bridgehead atoms. The van der Waals surface area contributed by atoms with Crippen molar-refractivity contribution in [2.75, 3.05) is 11.8 Å². The van der Waals surface area contributed by atoms with Crippen molar-refractivity contribution < 1.29 is 17.5 Å². The lowest BCUT2D eigenvalue weighted by Gasteiger charge is -2.08. The summed E-state index contributed by atoms with van der Waals surface area (Å²) >= 11 is 5.73. The van der Waals surface area contributed by atoms with Crippen LogP contribution < -0.4 is 9.46 Å². The predicted octanol–water partition coefficient (Wildman–Crippen LogP) is 2.68. The third-order valence-corrected chi connectivity index (χ3v) is 3.98. The van der Waals surface area contributed by atoms with Gasteiger partial charge in [-0.15, -0.1) is 0 Å². The van der Waals surface area contributed by atoms with Gasteiger partial charge in [0.15, 0.2) is 11.6 Å². The summed E-state index contributed by atoms with van der Waals surface area (Å²) in [6.07, 6.45) is 1.36. The zero-order valence-corrected chi connectivity index (χ0v) is 11.9. The second kappa shape index (κ2) is 5.64. The third-order valence-electron chi connectivity index (χ3n) is 2.39. The van der Waals surface area contributed by atoms with Crippen LogP contribution in [-0.2, 0) is 10.0 Å². The minimum atomic E-state index is -3.94. The molecule has 0 aliphatic heterocycles. The highest BCUT2D eigenvalue weighted by molar-refractivity contribution is 7.92. The van der Waals surface area contributed by atoms with Gasteiger partial charge in [0.1, 0.15) is 5.82 Å². The third kappa shape index (κ3) is 3.17. The van der Waals surface area contributed by atoms with Crippen LogP contribution in [0.4, 0.5) is 10.2 Å². The number of sulfonamides is 1. The maximum atomic E-state index is 13.5. The second-order valence-electron chi connectivity index (χ2n) is 3.76. The molecule has 2 rings (SSSR count). The van der Waals surface area contributed by atoms with Gasteiger partial charge in [0.25, 0.3) is 10.0 Å². The summed E-state index contributed by atoms with van der Waals surface area (Å²) in [5.41, 5.74) is 0. The van der Waals surface area contributed by atoms with Crippen molar-refractivity contribution in [2.45, 2.75) is 4.90 Å². The van der Waals surface area contributed by atoms with E-state index in [9.17, 15) is 12.8 Å². The molecule has 0 radical (unpaired) electrons. The van der Waals surface area contributed by atoms with Gasteiger partial charge in [-0.3, -0.25) is 4.72 Å². The molecule has 106 valence electrons. The van der Waals surface area contributed by atoms with Crippen LogP contribution in [0.5, 0.6) is 5.75 Å². The van der Waals surface area contributed by atoms with Crippen molar-refractivity contribution in [3.05, 3.63) is 47.4 Å². The first-order valence-electron chi connectivity index (χ1n) is 5.40. The lowest BCUT2D eigenvalue weighted by molar-refractivity contribution is 0.385. The first-order chi connectivity index (χ1) is 9.42. The zero-order valence-electron chi connectivity index (χ0n) is 10.3. The Balaban J connectivity index is 2.33. The Morgan fingerprint density at radius 3 is 2.65 bits per heavy atom. The molecule has 0 spiro atoms. The number of hydrogen-bond donors (Lipinski definition) is 1. The van der Waals surface area contributed by atoms with Gasteiger partial charge in [-0.1, -0.05) is 11.6 Å². The molecular weight excluding hydrogens is 307 g/mol. The van der Waals surface area contributed by atoms with Crippen molar-refractivity contribution >= 4 is 27.4 Å². The molecule has 0 aliphatic carbocycles. The minimum absolute atomic E-state index is 0.0372. The van der Waals surface area contributed by atoms with Crippen LogP contribution in [0, 0.1) is 5.82 Å². The summed E-state index contributed by atoms with van der Waals surface area (Å²) in [6, 6.07) is 6.18. The lowest BCUT2D eigenvalue weighted by Crippen LogP contribution is -2.14. The number of anilines is 1. The number of nitrogens with zero attached hydrogens (tertiary/aromatic N) is 1. The summed E-state index contributed by atoms with van der Waals surface area (Å²) in [7, 11) is -2.65. The lowest BCUT2D eigenvalue weighted by atomic mass is 10.3. The van der Waals surface area contributed by atoms with Gasteiger partial charge < -0.3 is 4.74 Å². The van der Waals surface area contributed by atoms with Gasteiger partial charge in [0.05, 0.1) is 12.0 Å². The Bertz CT molecular complexity index is 737. The Morgan fingerprint density at radius 1 is 1.30 bits per heavy atom. The average molecular weight is 317 g/mol. The topological polar surface area (TPSA) is 68.3 Å². The van der Waals surface area contributed by atoms with Gasteiger partial charge in [0, 0.05) is 17.3 Å². The molecule has 8 heteroatoms. The van der Waals surface area contributed by atoms with Gasteiger partial charge in [-0.2, -0.15) is 0 Å². The monoisotopic (exact) mass is 316 g/mol.